The molecule has 0 aliphatic heterocycles. The van der Waals surface area contributed by atoms with Gasteiger partial charge in [-0.2, -0.15) is 5.10 Å². The van der Waals surface area contributed by atoms with Crippen LogP contribution in [0.3, 0.4) is 0 Å². The second kappa shape index (κ2) is 11.0. The lowest BCUT2D eigenvalue weighted by Gasteiger charge is -2.20. The molecule has 1 atom stereocenters. The van der Waals surface area contributed by atoms with Crippen LogP contribution in [0.5, 0.6) is 5.75 Å². The van der Waals surface area contributed by atoms with E-state index >= 15 is 0 Å². The molecule has 0 bridgehead atoms. The number of ketones is 1. The summed E-state index contributed by atoms with van der Waals surface area (Å²) in [6.07, 6.45) is 5.18. The first-order chi connectivity index (χ1) is 19.5. The third-order valence-corrected chi connectivity index (χ3v) is 8.20. The number of aromatic nitrogens is 2. The summed E-state index contributed by atoms with van der Waals surface area (Å²) in [6.45, 7) is 0.788. The Bertz CT molecular complexity index is 1580. The van der Waals surface area contributed by atoms with E-state index in [1.54, 1.807) is 19.2 Å². The second-order valence-electron chi connectivity index (χ2n) is 10.6. The van der Waals surface area contributed by atoms with E-state index < -0.39 is 0 Å². The monoisotopic (exact) mass is 533 g/mol. The first kappa shape index (κ1) is 25.9. The molecule has 2 aliphatic rings. The smallest absolute Gasteiger partial charge is 0.180 e. The highest BCUT2D eigenvalue weighted by molar-refractivity contribution is 6.00. The first-order valence-electron chi connectivity index (χ1n) is 13.9. The zero-order chi connectivity index (χ0) is 27.6. The van der Waals surface area contributed by atoms with E-state index in [1.165, 1.54) is 16.7 Å². The molecule has 3 aromatic carbocycles. The van der Waals surface area contributed by atoms with Crippen LogP contribution in [0.15, 0.2) is 78.4 Å². The van der Waals surface area contributed by atoms with Crippen LogP contribution in [-0.2, 0) is 13.0 Å². The van der Waals surface area contributed by atoms with E-state index in [1.807, 2.05) is 16.8 Å². The van der Waals surface area contributed by atoms with E-state index in [4.69, 9.17) is 21.3 Å². The van der Waals surface area contributed by atoms with Gasteiger partial charge in [-0.05, 0) is 66.5 Å². The Kier molecular flexibility index (Phi) is 7.13. The van der Waals surface area contributed by atoms with Crippen molar-refractivity contribution in [3.8, 4) is 17.0 Å². The molecule has 0 saturated heterocycles. The minimum absolute atomic E-state index is 0.00674. The molecule has 40 heavy (non-hydrogen) atoms. The zero-order valence-corrected chi connectivity index (χ0v) is 22.8. The minimum Gasteiger partial charge on any atom is -0.496 e. The maximum atomic E-state index is 12.7. The molecule has 0 amide bonds. The summed E-state index contributed by atoms with van der Waals surface area (Å²) in [5.41, 5.74) is 22.5. The fraction of sp³-hybridized carbons (Fsp3) is 0.273. The SMILES string of the molecule is COc1ccccc1C(=O)CNCc1ccc(-c2nn(C3CCc4ccccc43)c(N)c2C(N)=C2CCC2)cc1. The van der Waals surface area contributed by atoms with Gasteiger partial charge in [0, 0.05) is 17.8 Å². The summed E-state index contributed by atoms with van der Waals surface area (Å²) in [5, 5.41) is 8.35. The van der Waals surface area contributed by atoms with Crippen LogP contribution in [0, 0.1) is 0 Å². The van der Waals surface area contributed by atoms with Crippen molar-refractivity contribution in [2.24, 2.45) is 5.73 Å². The Morgan fingerprint density at radius 2 is 1.77 bits per heavy atom. The largest absolute Gasteiger partial charge is 0.496 e. The Balaban J connectivity index is 1.24. The highest BCUT2D eigenvalue weighted by Crippen LogP contribution is 2.42. The van der Waals surface area contributed by atoms with Crippen LogP contribution in [-0.4, -0.2) is 29.2 Å². The molecular weight excluding hydrogens is 498 g/mol. The van der Waals surface area contributed by atoms with Crippen LogP contribution in [0.25, 0.3) is 17.0 Å². The van der Waals surface area contributed by atoms with Gasteiger partial charge >= 0.3 is 0 Å². The number of nitrogens with zero attached hydrogens (tertiary/aromatic N) is 2. The van der Waals surface area contributed by atoms with Crippen molar-refractivity contribution in [3.63, 3.8) is 0 Å². The van der Waals surface area contributed by atoms with E-state index in [0.29, 0.717) is 23.7 Å². The standard InChI is InChI=1S/C33H35N5O2/c1-40-29-12-5-4-11-26(29)28(39)20-36-19-21-13-15-24(16-14-21)32-30(31(34)23-8-6-9-23)33(35)38(37-32)27-18-17-22-7-2-3-10-25(22)27/h2-5,7,10-16,27,36H,6,8-9,17-20,34-35H2,1H3. The number of hydrogen-bond acceptors (Lipinski definition) is 6. The Morgan fingerprint density at radius 3 is 2.52 bits per heavy atom. The highest BCUT2D eigenvalue weighted by atomic mass is 16.5. The number of nitrogens with one attached hydrogen (secondary N) is 1. The number of fused-ring (bicyclic) bond motifs is 1. The van der Waals surface area contributed by atoms with E-state index in [2.05, 4.69) is 53.8 Å². The molecule has 7 nitrogen and oxygen atoms in total. The van der Waals surface area contributed by atoms with E-state index in [9.17, 15) is 4.79 Å². The average molecular weight is 534 g/mol. The number of hydrogen-bond donors (Lipinski definition) is 3. The van der Waals surface area contributed by atoms with Gasteiger partial charge < -0.3 is 21.5 Å². The minimum atomic E-state index is -0.00674. The number of Topliss-reactive ketones (excluding diaryl/α,β-unsaturated/α-hetero) is 1. The fourth-order valence-electron chi connectivity index (χ4n) is 5.81. The van der Waals surface area contributed by atoms with Crippen molar-refractivity contribution in [3.05, 3.63) is 106 Å². The van der Waals surface area contributed by atoms with Crippen molar-refractivity contribution in [1.29, 1.82) is 0 Å². The molecule has 7 heteroatoms. The predicted octanol–water partition coefficient (Wildman–Crippen LogP) is 5.50. The zero-order valence-electron chi connectivity index (χ0n) is 22.8. The van der Waals surface area contributed by atoms with Crippen molar-refractivity contribution >= 4 is 17.3 Å². The number of nitrogen functional groups attached to an aromatic ring is 1. The van der Waals surface area contributed by atoms with Crippen molar-refractivity contribution < 1.29 is 9.53 Å². The van der Waals surface area contributed by atoms with Gasteiger partial charge in [0.25, 0.3) is 0 Å². The van der Waals surface area contributed by atoms with Crippen LogP contribution >= 0.6 is 0 Å². The quantitative estimate of drug-likeness (QED) is 0.245. The Morgan fingerprint density at radius 1 is 1.02 bits per heavy atom. The number of methoxy groups -OCH3 is 1. The van der Waals surface area contributed by atoms with Gasteiger partial charge in [-0.3, -0.25) is 4.79 Å². The third kappa shape index (κ3) is 4.77. The molecule has 1 aromatic heterocycles. The van der Waals surface area contributed by atoms with E-state index in [-0.39, 0.29) is 18.4 Å². The van der Waals surface area contributed by atoms with Crippen molar-refractivity contribution in [2.75, 3.05) is 19.4 Å². The third-order valence-electron chi connectivity index (χ3n) is 8.20. The molecule has 204 valence electrons. The fourth-order valence-corrected chi connectivity index (χ4v) is 5.81. The number of rotatable bonds is 9. The van der Waals surface area contributed by atoms with Gasteiger partial charge in [-0.25, -0.2) is 4.68 Å². The van der Waals surface area contributed by atoms with Gasteiger partial charge in [0.2, 0.25) is 0 Å². The Labute approximate surface area is 234 Å². The lowest BCUT2D eigenvalue weighted by atomic mass is 9.88. The predicted molar refractivity (Wildman–Crippen MR) is 159 cm³/mol. The molecule has 0 spiro atoms. The number of para-hydroxylation sites is 1. The summed E-state index contributed by atoms with van der Waals surface area (Å²) >= 11 is 0. The molecule has 4 aromatic rings. The number of nitrogens with two attached hydrogens (primary N) is 2. The van der Waals surface area contributed by atoms with Crippen LogP contribution in [0.2, 0.25) is 0 Å². The molecule has 6 rings (SSSR count). The number of aryl methyl sites for hydroxylation is 1. The first-order valence-corrected chi connectivity index (χ1v) is 13.9. The normalized spacial score (nSPS) is 15.9. The van der Waals surface area contributed by atoms with Crippen LogP contribution in [0.1, 0.15) is 64.3 Å². The van der Waals surface area contributed by atoms with Crippen LogP contribution < -0.4 is 21.5 Å². The average Bonchev–Trinajstić information content (AvgIpc) is 3.53. The number of carbonyl (C=O) groups excluding carboxylic acids is 1. The maximum Gasteiger partial charge on any atom is 0.180 e. The van der Waals surface area contributed by atoms with Gasteiger partial charge in [0.05, 0.1) is 30.8 Å². The summed E-state index contributed by atoms with van der Waals surface area (Å²) in [5.74, 6) is 1.22. The number of ether oxygens (including phenoxy) is 1. The summed E-state index contributed by atoms with van der Waals surface area (Å²) in [6, 6.07) is 24.2. The molecule has 5 N–H and O–H groups in total. The van der Waals surface area contributed by atoms with Gasteiger partial charge in [-0.15, -0.1) is 0 Å². The van der Waals surface area contributed by atoms with E-state index in [0.717, 1.165) is 60.2 Å². The maximum absolute atomic E-state index is 12.7. The molecule has 0 radical (unpaired) electrons. The topological polar surface area (TPSA) is 108 Å². The summed E-state index contributed by atoms with van der Waals surface area (Å²) in [4.78, 5) is 12.7. The number of benzene rings is 3. The molecule has 1 heterocycles. The Hall–Kier alpha value is -4.36. The van der Waals surface area contributed by atoms with Crippen LogP contribution in [0.4, 0.5) is 5.82 Å². The van der Waals surface area contributed by atoms with Gasteiger partial charge in [0.15, 0.2) is 5.78 Å². The number of allylic oxidation sites excluding steroid dienone is 1. The summed E-state index contributed by atoms with van der Waals surface area (Å²) in [7, 11) is 1.58. The molecule has 2 aliphatic carbocycles. The lowest BCUT2D eigenvalue weighted by Crippen LogP contribution is -2.23. The van der Waals surface area contributed by atoms with Gasteiger partial charge in [-0.1, -0.05) is 60.7 Å². The molecule has 1 fully saturated rings. The van der Waals surface area contributed by atoms with Crippen molar-refractivity contribution in [2.45, 2.75) is 44.7 Å². The highest BCUT2D eigenvalue weighted by Gasteiger charge is 2.30. The lowest BCUT2D eigenvalue weighted by molar-refractivity contribution is 0.0988. The van der Waals surface area contributed by atoms with Crippen molar-refractivity contribution in [1.82, 2.24) is 15.1 Å². The number of carbonyl (C=O) groups is 1. The number of anilines is 1. The second-order valence-corrected chi connectivity index (χ2v) is 10.6. The molecular formula is C33H35N5O2. The van der Waals surface area contributed by atoms with Gasteiger partial charge in [0.1, 0.15) is 17.3 Å². The summed E-state index contributed by atoms with van der Waals surface area (Å²) < 4.78 is 7.31. The molecule has 1 saturated carbocycles. The molecule has 1 unspecified atom stereocenters.